The second-order valence-corrected chi connectivity index (χ2v) is 8.40. The number of hydrogen-bond acceptors (Lipinski definition) is 6. The summed E-state index contributed by atoms with van der Waals surface area (Å²) in [6.07, 6.45) is 8.07. The molecule has 150 valence electrons. The highest BCUT2D eigenvalue weighted by Crippen LogP contribution is 2.29. The molecule has 1 atom stereocenters. The van der Waals surface area contributed by atoms with Gasteiger partial charge in [-0.3, -0.25) is 4.79 Å². The van der Waals surface area contributed by atoms with Crippen molar-refractivity contribution in [2.75, 3.05) is 17.3 Å². The van der Waals surface area contributed by atoms with Crippen LogP contribution in [0.1, 0.15) is 44.9 Å². The number of rotatable bonds is 7. The summed E-state index contributed by atoms with van der Waals surface area (Å²) in [5.74, 6) is 0.451. The number of nitrogens with zero attached hydrogens (tertiary/aromatic N) is 5. The molecule has 1 aromatic heterocycles. The topological polar surface area (TPSA) is 73.1 Å². The van der Waals surface area contributed by atoms with E-state index in [0.717, 1.165) is 38.0 Å². The predicted octanol–water partition coefficient (Wildman–Crippen LogP) is 3.31. The van der Waals surface area contributed by atoms with Crippen molar-refractivity contribution < 1.29 is 9.53 Å². The van der Waals surface area contributed by atoms with E-state index in [1.807, 2.05) is 35.2 Å². The number of thioether (sulfide) groups is 1. The number of carbonyl (C=O) groups is 1. The average Bonchev–Trinajstić information content (AvgIpc) is 3.41. The molecule has 0 radical (unpaired) electrons. The molecule has 2 fully saturated rings. The summed E-state index contributed by atoms with van der Waals surface area (Å²) in [4.78, 5) is 15.2. The molecule has 0 unspecified atom stereocenters. The molecule has 0 N–H and O–H groups in total. The molecule has 4 rings (SSSR count). The third-order valence-electron chi connectivity index (χ3n) is 5.47. The molecule has 28 heavy (non-hydrogen) atoms. The molecule has 1 amide bonds. The minimum absolute atomic E-state index is 0.120. The predicted molar refractivity (Wildman–Crippen MR) is 108 cm³/mol. The number of benzene rings is 1. The maximum Gasteiger partial charge on any atom is 0.237 e. The number of carbonyl (C=O) groups excluding carboxylic acids is 1. The molecule has 0 bridgehead atoms. The van der Waals surface area contributed by atoms with Crippen molar-refractivity contribution in [1.82, 2.24) is 20.2 Å². The lowest BCUT2D eigenvalue weighted by Crippen LogP contribution is -2.42. The first-order chi connectivity index (χ1) is 13.8. The highest BCUT2D eigenvalue weighted by molar-refractivity contribution is 7.99. The number of anilines is 1. The van der Waals surface area contributed by atoms with E-state index in [-0.39, 0.29) is 18.1 Å². The summed E-state index contributed by atoms with van der Waals surface area (Å²) in [6, 6.07) is 10.3. The Kier molecular flexibility index (Phi) is 6.59. The van der Waals surface area contributed by atoms with Crippen LogP contribution >= 0.6 is 11.8 Å². The van der Waals surface area contributed by atoms with E-state index in [1.165, 1.54) is 31.0 Å². The first-order valence-electron chi connectivity index (χ1n) is 10.2. The Morgan fingerprint density at radius 1 is 1.14 bits per heavy atom. The molecule has 7 nitrogen and oxygen atoms in total. The molecule has 2 heterocycles. The van der Waals surface area contributed by atoms with Crippen LogP contribution in [-0.2, 0) is 16.1 Å². The van der Waals surface area contributed by atoms with Gasteiger partial charge in [-0.2, -0.15) is 0 Å². The van der Waals surface area contributed by atoms with Crippen molar-refractivity contribution >= 4 is 23.4 Å². The van der Waals surface area contributed by atoms with E-state index in [4.69, 9.17) is 4.74 Å². The van der Waals surface area contributed by atoms with Crippen LogP contribution in [0.25, 0.3) is 0 Å². The highest BCUT2D eigenvalue weighted by Gasteiger charge is 2.27. The van der Waals surface area contributed by atoms with Gasteiger partial charge in [0.25, 0.3) is 0 Å². The van der Waals surface area contributed by atoms with Crippen LogP contribution in [-0.4, -0.2) is 50.6 Å². The fourth-order valence-electron chi connectivity index (χ4n) is 4.08. The van der Waals surface area contributed by atoms with E-state index < -0.39 is 0 Å². The Bertz CT molecular complexity index is 757. The number of ether oxygens (including phenoxy) is 1. The van der Waals surface area contributed by atoms with Gasteiger partial charge in [0.2, 0.25) is 11.1 Å². The van der Waals surface area contributed by atoms with Crippen molar-refractivity contribution in [3.8, 4) is 0 Å². The summed E-state index contributed by atoms with van der Waals surface area (Å²) >= 11 is 1.41. The number of aromatic nitrogens is 4. The molecular weight excluding hydrogens is 374 g/mol. The lowest BCUT2D eigenvalue weighted by Gasteiger charge is -2.34. The maximum absolute atomic E-state index is 13.2. The van der Waals surface area contributed by atoms with Crippen molar-refractivity contribution in [1.29, 1.82) is 0 Å². The van der Waals surface area contributed by atoms with Gasteiger partial charge >= 0.3 is 0 Å². The molecule has 1 aromatic carbocycles. The van der Waals surface area contributed by atoms with Crippen LogP contribution in [0.15, 0.2) is 35.5 Å². The van der Waals surface area contributed by atoms with Crippen molar-refractivity contribution in [2.45, 2.75) is 68.8 Å². The second kappa shape index (κ2) is 9.52. The summed E-state index contributed by atoms with van der Waals surface area (Å²) in [7, 11) is 0. The SMILES string of the molecule is O=C(CSc1nnnn1C[C@H]1CCCO1)N(c1ccccc1)C1CCCCC1. The average molecular weight is 402 g/mol. The van der Waals surface area contributed by atoms with Crippen LogP contribution in [0.2, 0.25) is 0 Å². The van der Waals surface area contributed by atoms with E-state index in [1.54, 1.807) is 4.68 Å². The lowest BCUT2D eigenvalue weighted by molar-refractivity contribution is -0.116. The van der Waals surface area contributed by atoms with Gasteiger partial charge in [0.1, 0.15) is 0 Å². The van der Waals surface area contributed by atoms with Crippen LogP contribution in [0, 0.1) is 0 Å². The molecule has 1 saturated carbocycles. The van der Waals surface area contributed by atoms with E-state index in [0.29, 0.717) is 17.5 Å². The quantitative estimate of drug-likeness (QED) is 0.663. The molecular formula is C20H27N5O2S. The zero-order chi connectivity index (χ0) is 19.2. The van der Waals surface area contributed by atoms with Gasteiger partial charge < -0.3 is 9.64 Å². The molecule has 1 aliphatic carbocycles. The Morgan fingerprint density at radius 3 is 2.71 bits per heavy atom. The van der Waals surface area contributed by atoms with Crippen molar-refractivity contribution in [2.24, 2.45) is 0 Å². The molecule has 8 heteroatoms. The fraction of sp³-hybridized carbons (Fsp3) is 0.600. The van der Waals surface area contributed by atoms with Crippen molar-refractivity contribution in [3.05, 3.63) is 30.3 Å². The summed E-state index contributed by atoms with van der Waals surface area (Å²) < 4.78 is 7.45. The van der Waals surface area contributed by atoms with Crippen LogP contribution in [0.3, 0.4) is 0 Å². The van der Waals surface area contributed by atoms with Gasteiger partial charge in [0, 0.05) is 18.3 Å². The standard InChI is InChI=1S/C20H27N5O2S/c26-19(15-28-20-21-22-23-24(20)14-18-12-7-13-27-18)25(16-8-3-1-4-9-16)17-10-5-2-6-11-17/h1,3-4,8-9,17-18H,2,5-7,10-15H2/t18-/m1/s1. The third kappa shape index (κ3) is 4.72. The van der Waals surface area contributed by atoms with E-state index >= 15 is 0 Å². The maximum atomic E-state index is 13.2. The summed E-state index contributed by atoms with van der Waals surface area (Å²) in [6.45, 7) is 1.45. The second-order valence-electron chi connectivity index (χ2n) is 7.46. The van der Waals surface area contributed by atoms with Gasteiger partial charge in [-0.1, -0.05) is 49.2 Å². The minimum atomic E-state index is 0.120. The van der Waals surface area contributed by atoms with Crippen molar-refractivity contribution in [3.63, 3.8) is 0 Å². The Labute approximate surface area is 169 Å². The van der Waals surface area contributed by atoms with Gasteiger partial charge in [0.15, 0.2) is 0 Å². The third-order valence-corrected chi connectivity index (χ3v) is 6.41. The van der Waals surface area contributed by atoms with Crippen LogP contribution in [0.4, 0.5) is 5.69 Å². The van der Waals surface area contributed by atoms with E-state index in [2.05, 4.69) is 15.5 Å². The molecule has 2 aromatic rings. The Morgan fingerprint density at radius 2 is 1.96 bits per heavy atom. The Hall–Kier alpha value is -1.93. The van der Waals surface area contributed by atoms with Gasteiger partial charge in [-0.25, -0.2) is 4.68 Å². The fourth-order valence-corrected chi connectivity index (χ4v) is 4.82. The monoisotopic (exact) mass is 401 g/mol. The van der Waals surface area contributed by atoms with E-state index in [9.17, 15) is 4.79 Å². The number of para-hydroxylation sites is 1. The number of hydrogen-bond donors (Lipinski definition) is 0. The lowest BCUT2D eigenvalue weighted by atomic mass is 9.93. The smallest absolute Gasteiger partial charge is 0.237 e. The zero-order valence-electron chi connectivity index (χ0n) is 16.1. The minimum Gasteiger partial charge on any atom is -0.376 e. The number of amides is 1. The molecule has 1 aliphatic heterocycles. The molecule has 0 spiro atoms. The zero-order valence-corrected chi connectivity index (χ0v) is 16.9. The van der Waals surface area contributed by atoms with Gasteiger partial charge in [0.05, 0.1) is 18.4 Å². The largest absolute Gasteiger partial charge is 0.376 e. The normalized spacial score (nSPS) is 20.4. The summed E-state index contributed by atoms with van der Waals surface area (Å²) in [5.41, 5.74) is 0.985. The number of tetrazole rings is 1. The first kappa shape index (κ1) is 19.4. The molecule has 2 aliphatic rings. The summed E-state index contributed by atoms with van der Waals surface area (Å²) in [5, 5.41) is 12.7. The van der Waals surface area contributed by atoms with Gasteiger partial charge in [-0.15, -0.1) is 5.10 Å². The van der Waals surface area contributed by atoms with Gasteiger partial charge in [-0.05, 0) is 48.2 Å². The van der Waals surface area contributed by atoms with Crippen LogP contribution in [0.5, 0.6) is 0 Å². The first-order valence-corrected chi connectivity index (χ1v) is 11.2. The van der Waals surface area contributed by atoms with Crippen LogP contribution < -0.4 is 4.90 Å². The highest BCUT2D eigenvalue weighted by atomic mass is 32.2. The Balaban J connectivity index is 1.42. The molecule has 1 saturated heterocycles.